The molecule has 0 bridgehead atoms. The van der Waals surface area contributed by atoms with Crippen LogP contribution >= 0.6 is 0 Å². The van der Waals surface area contributed by atoms with Gasteiger partial charge in [-0.25, -0.2) is 0 Å². The minimum absolute atomic E-state index is 0.179. The van der Waals surface area contributed by atoms with Crippen LogP contribution in [0.15, 0.2) is 0 Å². The first-order valence-corrected chi connectivity index (χ1v) is 3.06. The van der Waals surface area contributed by atoms with E-state index in [-0.39, 0.29) is 5.91 Å². The lowest BCUT2D eigenvalue weighted by Gasteiger charge is -1.82. The molecule has 0 unspecified atom stereocenters. The Balaban J connectivity index is 2.30. The number of rotatable bonds is 0. The average molecular weight is 123 g/mol. The van der Waals surface area contributed by atoms with Gasteiger partial charge in [0.2, 0.25) is 0 Å². The van der Waals surface area contributed by atoms with Gasteiger partial charge in [0.05, 0.1) is 0 Å². The fraction of sp³-hybridized carbons (Fsp3) is 0.571. The highest BCUT2D eigenvalue weighted by molar-refractivity contribution is 5.93. The molecule has 0 radical (unpaired) electrons. The van der Waals surface area contributed by atoms with E-state index < -0.39 is 0 Å². The van der Waals surface area contributed by atoms with Crippen molar-refractivity contribution in [2.45, 2.75) is 12.8 Å². The molecule has 0 atom stereocenters. The number of carbonyl (C=O) groups excluding carboxylic acids is 1. The molecular formula is C7H9NO. The van der Waals surface area contributed by atoms with E-state index in [1.807, 2.05) is 0 Å². The summed E-state index contributed by atoms with van der Waals surface area (Å²) in [5, 5.41) is 2.44. The third kappa shape index (κ3) is 2.18. The Labute approximate surface area is 54.6 Å². The molecule has 1 aliphatic rings. The predicted octanol–water partition coefficient (Wildman–Crippen LogP) is 0.146. The molecule has 1 N–H and O–H groups in total. The SMILES string of the molecule is CNC(=O)C#CC1CC1. The zero-order valence-corrected chi connectivity index (χ0v) is 5.40. The van der Waals surface area contributed by atoms with Crippen LogP contribution in [0.4, 0.5) is 0 Å². The molecule has 0 spiro atoms. The maximum absolute atomic E-state index is 10.5. The van der Waals surface area contributed by atoms with Gasteiger partial charge in [0.15, 0.2) is 0 Å². The molecule has 0 saturated heterocycles. The minimum Gasteiger partial charge on any atom is -0.348 e. The van der Waals surface area contributed by atoms with Crippen molar-refractivity contribution in [2.24, 2.45) is 5.92 Å². The Morgan fingerprint density at radius 2 is 2.33 bits per heavy atom. The van der Waals surface area contributed by atoms with E-state index in [9.17, 15) is 4.79 Å². The lowest BCUT2D eigenvalue weighted by molar-refractivity contribution is -0.115. The average Bonchev–Trinajstić information content (AvgIpc) is 2.65. The zero-order chi connectivity index (χ0) is 6.69. The number of hydrogen-bond donors (Lipinski definition) is 1. The molecule has 0 aromatic rings. The van der Waals surface area contributed by atoms with E-state index in [4.69, 9.17) is 0 Å². The largest absolute Gasteiger partial charge is 0.348 e. The van der Waals surface area contributed by atoms with Crippen molar-refractivity contribution < 1.29 is 4.79 Å². The first kappa shape index (κ1) is 6.15. The quantitative estimate of drug-likeness (QED) is 0.456. The summed E-state index contributed by atoms with van der Waals surface area (Å²) < 4.78 is 0. The lowest BCUT2D eigenvalue weighted by atomic mass is 10.4. The molecule has 0 aromatic heterocycles. The van der Waals surface area contributed by atoms with Gasteiger partial charge in [-0.15, -0.1) is 0 Å². The second-order valence-electron chi connectivity index (χ2n) is 2.12. The Hall–Kier alpha value is -0.970. The molecule has 9 heavy (non-hydrogen) atoms. The normalized spacial score (nSPS) is 15.7. The Morgan fingerprint density at radius 3 is 2.78 bits per heavy atom. The van der Waals surface area contributed by atoms with Crippen LogP contribution in [0.25, 0.3) is 0 Å². The van der Waals surface area contributed by atoms with E-state index in [2.05, 4.69) is 17.2 Å². The topological polar surface area (TPSA) is 29.1 Å². The molecule has 0 aliphatic heterocycles. The zero-order valence-electron chi connectivity index (χ0n) is 5.40. The fourth-order valence-electron chi connectivity index (χ4n) is 0.458. The third-order valence-electron chi connectivity index (χ3n) is 1.19. The van der Waals surface area contributed by atoms with E-state index >= 15 is 0 Å². The Morgan fingerprint density at radius 1 is 1.67 bits per heavy atom. The Kier molecular flexibility index (Phi) is 1.74. The summed E-state index contributed by atoms with van der Waals surface area (Å²) in [5.41, 5.74) is 0. The summed E-state index contributed by atoms with van der Waals surface area (Å²) in [4.78, 5) is 10.5. The second-order valence-corrected chi connectivity index (χ2v) is 2.12. The summed E-state index contributed by atoms with van der Waals surface area (Å²) in [5.74, 6) is 5.68. The monoisotopic (exact) mass is 123 g/mol. The van der Waals surface area contributed by atoms with Crippen molar-refractivity contribution in [2.75, 3.05) is 7.05 Å². The molecule has 1 saturated carbocycles. The van der Waals surface area contributed by atoms with E-state index in [1.54, 1.807) is 7.05 Å². The van der Waals surface area contributed by atoms with Crippen molar-refractivity contribution in [3.8, 4) is 11.8 Å². The van der Waals surface area contributed by atoms with Gasteiger partial charge in [-0.3, -0.25) is 4.79 Å². The maximum Gasteiger partial charge on any atom is 0.295 e. The summed E-state index contributed by atoms with van der Waals surface area (Å²) >= 11 is 0. The van der Waals surface area contributed by atoms with Crippen molar-refractivity contribution >= 4 is 5.91 Å². The van der Waals surface area contributed by atoms with Gasteiger partial charge in [0, 0.05) is 13.0 Å². The molecule has 2 nitrogen and oxygen atoms in total. The minimum atomic E-state index is -0.179. The van der Waals surface area contributed by atoms with Gasteiger partial charge in [0.25, 0.3) is 5.91 Å². The van der Waals surface area contributed by atoms with Gasteiger partial charge >= 0.3 is 0 Å². The van der Waals surface area contributed by atoms with Crippen molar-refractivity contribution in [1.29, 1.82) is 0 Å². The van der Waals surface area contributed by atoms with Crippen molar-refractivity contribution in [1.82, 2.24) is 5.32 Å². The van der Waals surface area contributed by atoms with Crippen LogP contribution in [-0.2, 0) is 4.79 Å². The van der Waals surface area contributed by atoms with Crippen LogP contribution in [0.2, 0.25) is 0 Å². The first-order chi connectivity index (χ1) is 4.33. The molecule has 1 aliphatic carbocycles. The molecule has 2 heteroatoms. The lowest BCUT2D eigenvalue weighted by Crippen LogP contribution is -2.14. The molecule has 0 aromatic carbocycles. The highest BCUT2D eigenvalue weighted by Crippen LogP contribution is 2.27. The molecule has 1 amide bonds. The molecular weight excluding hydrogens is 114 g/mol. The number of carbonyl (C=O) groups is 1. The third-order valence-corrected chi connectivity index (χ3v) is 1.19. The smallest absolute Gasteiger partial charge is 0.295 e. The van der Waals surface area contributed by atoms with E-state index in [1.165, 1.54) is 12.8 Å². The standard InChI is InChI=1S/C7H9NO/c1-8-7(9)5-4-6-2-3-6/h6H,2-3H2,1H3,(H,8,9). The predicted molar refractivity (Wildman–Crippen MR) is 34.6 cm³/mol. The van der Waals surface area contributed by atoms with Crippen LogP contribution in [0.3, 0.4) is 0 Å². The van der Waals surface area contributed by atoms with Crippen molar-refractivity contribution in [3.63, 3.8) is 0 Å². The molecule has 1 rings (SSSR count). The van der Waals surface area contributed by atoms with Crippen LogP contribution in [0.1, 0.15) is 12.8 Å². The van der Waals surface area contributed by atoms with Gasteiger partial charge in [0.1, 0.15) is 0 Å². The molecule has 1 fully saturated rings. The van der Waals surface area contributed by atoms with Gasteiger partial charge in [-0.2, -0.15) is 0 Å². The first-order valence-electron chi connectivity index (χ1n) is 3.06. The van der Waals surface area contributed by atoms with Gasteiger partial charge < -0.3 is 5.32 Å². The van der Waals surface area contributed by atoms with Crippen molar-refractivity contribution in [3.05, 3.63) is 0 Å². The maximum atomic E-state index is 10.5. The summed E-state index contributed by atoms with van der Waals surface area (Å²) in [7, 11) is 1.59. The molecule has 48 valence electrons. The number of amides is 1. The van der Waals surface area contributed by atoms with Crippen LogP contribution in [-0.4, -0.2) is 13.0 Å². The fourth-order valence-corrected chi connectivity index (χ4v) is 0.458. The Bertz CT molecular complexity index is 171. The van der Waals surface area contributed by atoms with Crippen LogP contribution < -0.4 is 5.32 Å². The molecule has 0 heterocycles. The van der Waals surface area contributed by atoms with Gasteiger partial charge in [-0.1, -0.05) is 5.92 Å². The van der Waals surface area contributed by atoms with Crippen LogP contribution in [0.5, 0.6) is 0 Å². The summed E-state index contributed by atoms with van der Waals surface area (Å²) in [6.07, 6.45) is 2.34. The van der Waals surface area contributed by atoms with E-state index in [0.717, 1.165) is 0 Å². The van der Waals surface area contributed by atoms with Gasteiger partial charge in [-0.05, 0) is 18.8 Å². The summed E-state index contributed by atoms with van der Waals surface area (Å²) in [6.45, 7) is 0. The number of nitrogens with one attached hydrogen (secondary N) is 1. The second kappa shape index (κ2) is 2.54. The number of hydrogen-bond acceptors (Lipinski definition) is 1. The van der Waals surface area contributed by atoms with Crippen LogP contribution in [0, 0.1) is 17.8 Å². The summed E-state index contributed by atoms with van der Waals surface area (Å²) in [6, 6.07) is 0. The highest BCUT2D eigenvalue weighted by Gasteiger charge is 2.17. The highest BCUT2D eigenvalue weighted by atomic mass is 16.1. The van der Waals surface area contributed by atoms with E-state index in [0.29, 0.717) is 5.92 Å².